The molecular formula is C22H26N4O3S. The normalized spacial score (nSPS) is 15.9. The Balaban J connectivity index is 1.65. The number of hydrogen-bond acceptors (Lipinski definition) is 5. The molecular weight excluding hydrogens is 400 g/mol. The van der Waals surface area contributed by atoms with Crippen molar-refractivity contribution in [3.05, 3.63) is 40.9 Å². The predicted molar refractivity (Wildman–Crippen MR) is 118 cm³/mol. The Hall–Kier alpha value is -2.87. The number of anilines is 1. The Morgan fingerprint density at radius 2 is 2.03 bits per heavy atom. The number of nitrogens with one attached hydrogen (secondary N) is 1. The first kappa shape index (κ1) is 20.4. The van der Waals surface area contributed by atoms with Crippen molar-refractivity contribution in [2.24, 2.45) is 7.05 Å². The van der Waals surface area contributed by atoms with Gasteiger partial charge in [0, 0.05) is 18.5 Å². The van der Waals surface area contributed by atoms with Crippen molar-refractivity contribution in [3.8, 4) is 5.75 Å². The van der Waals surface area contributed by atoms with Crippen LogP contribution >= 0.6 is 11.3 Å². The monoisotopic (exact) mass is 426 g/mol. The third-order valence-electron chi connectivity index (χ3n) is 5.55. The van der Waals surface area contributed by atoms with Crippen LogP contribution in [-0.2, 0) is 11.8 Å². The Morgan fingerprint density at radius 3 is 2.73 bits per heavy atom. The highest BCUT2D eigenvalue weighted by Gasteiger charge is 2.35. The van der Waals surface area contributed by atoms with Crippen molar-refractivity contribution >= 4 is 39.1 Å². The zero-order valence-electron chi connectivity index (χ0n) is 17.6. The number of benzene rings is 1. The van der Waals surface area contributed by atoms with Crippen molar-refractivity contribution < 1.29 is 14.3 Å². The van der Waals surface area contributed by atoms with Crippen LogP contribution in [0.5, 0.6) is 5.75 Å². The van der Waals surface area contributed by atoms with Gasteiger partial charge in [0.1, 0.15) is 10.6 Å². The zero-order chi connectivity index (χ0) is 21.4. The van der Waals surface area contributed by atoms with E-state index in [0.717, 1.165) is 28.8 Å². The summed E-state index contributed by atoms with van der Waals surface area (Å²) in [5.41, 5.74) is 1.58. The highest BCUT2D eigenvalue weighted by molar-refractivity contribution is 7.20. The summed E-state index contributed by atoms with van der Waals surface area (Å²) in [5.74, 6) is 0.222. The lowest BCUT2D eigenvalue weighted by atomic mass is 10.1. The number of rotatable bonds is 5. The largest absolute Gasteiger partial charge is 0.477 e. The lowest BCUT2D eigenvalue weighted by Crippen LogP contribution is -2.52. The molecule has 2 aromatic heterocycles. The maximum absolute atomic E-state index is 13.5. The van der Waals surface area contributed by atoms with Gasteiger partial charge in [-0.05, 0) is 38.0 Å². The van der Waals surface area contributed by atoms with E-state index in [2.05, 4.69) is 10.4 Å². The van der Waals surface area contributed by atoms with Crippen LogP contribution in [0.1, 0.15) is 42.1 Å². The van der Waals surface area contributed by atoms with Crippen LogP contribution in [0.4, 0.5) is 5.69 Å². The van der Waals surface area contributed by atoms with E-state index >= 15 is 0 Å². The highest BCUT2D eigenvalue weighted by Crippen LogP contribution is 2.36. The molecule has 0 saturated carbocycles. The highest BCUT2D eigenvalue weighted by atomic mass is 32.1. The molecule has 3 aromatic rings. The van der Waals surface area contributed by atoms with Crippen LogP contribution in [0.3, 0.4) is 0 Å². The van der Waals surface area contributed by atoms with E-state index in [1.165, 1.54) is 11.3 Å². The summed E-state index contributed by atoms with van der Waals surface area (Å²) in [5, 5.41) is 8.43. The third-order valence-corrected chi connectivity index (χ3v) is 6.74. The van der Waals surface area contributed by atoms with E-state index < -0.39 is 6.10 Å². The molecule has 30 heavy (non-hydrogen) atoms. The predicted octanol–water partition coefficient (Wildman–Crippen LogP) is 3.66. The molecule has 8 heteroatoms. The Labute approximate surface area is 179 Å². The molecule has 0 radical (unpaired) electrons. The number of para-hydroxylation sites is 2. The van der Waals surface area contributed by atoms with Gasteiger partial charge >= 0.3 is 0 Å². The minimum atomic E-state index is -0.748. The number of carbonyl (C=O) groups excluding carboxylic acids is 2. The number of amides is 2. The van der Waals surface area contributed by atoms with Gasteiger partial charge in [-0.1, -0.05) is 26.0 Å². The second kappa shape index (κ2) is 8.10. The average molecular weight is 427 g/mol. The van der Waals surface area contributed by atoms with E-state index in [1.807, 2.05) is 52.1 Å². The summed E-state index contributed by atoms with van der Waals surface area (Å²) in [6, 6.07) is 9.35. The molecule has 158 valence electrons. The molecule has 0 fully saturated rings. The van der Waals surface area contributed by atoms with E-state index in [4.69, 9.17) is 4.74 Å². The van der Waals surface area contributed by atoms with Crippen molar-refractivity contribution in [1.29, 1.82) is 0 Å². The van der Waals surface area contributed by atoms with E-state index in [1.54, 1.807) is 15.6 Å². The molecule has 0 aliphatic carbocycles. The topological polar surface area (TPSA) is 76.5 Å². The minimum Gasteiger partial charge on any atom is -0.477 e. The Bertz CT molecular complexity index is 1060. The first-order valence-electron chi connectivity index (χ1n) is 10.2. The smallest absolute Gasteiger partial charge is 0.268 e. The summed E-state index contributed by atoms with van der Waals surface area (Å²) < 4.78 is 7.76. The second-order valence-electron chi connectivity index (χ2n) is 7.55. The quantitative estimate of drug-likeness (QED) is 0.676. The first-order valence-corrected chi connectivity index (χ1v) is 11.1. The van der Waals surface area contributed by atoms with Gasteiger partial charge in [0.2, 0.25) is 0 Å². The van der Waals surface area contributed by atoms with Gasteiger partial charge in [-0.25, -0.2) is 0 Å². The molecule has 3 heterocycles. The van der Waals surface area contributed by atoms with Crippen LogP contribution in [0.25, 0.3) is 10.2 Å². The minimum absolute atomic E-state index is 0.0977. The van der Waals surface area contributed by atoms with Gasteiger partial charge < -0.3 is 10.1 Å². The number of carbonyl (C=O) groups is 2. The fourth-order valence-corrected chi connectivity index (χ4v) is 4.87. The number of ether oxygens (including phenoxy) is 1. The molecule has 7 nitrogen and oxygen atoms in total. The molecule has 1 atom stereocenters. The fourth-order valence-electron chi connectivity index (χ4n) is 3.79. The number of hydrogen-bond donors (Lipinski definition) is 1. The van der Waals surface area contributed by atoms with Crippen LogP contribution in [0.2, 0.25) is 0 Å². The molecule has 1 N–H and O–H groups in total. The first-order chi connectivity index (χ1) is 14.4. The van der Waals surface area contributed by atoms with Gasteiger partial charge in [-0.3, -0.25) is 19.2 Å². The molecule has 1 aliphatic heterocycles. The van der Waals surface area contributed by atoms with Gasteiger partial charge in [0.15, 0.2) is 6.10 Å². The summed E-state index contributed by atoms with van der Waals surface area (Å²) in [7, 11) is 1.88. The summed E-state index contributed by atoms with van der Waals surface area (Å²) in [4.78, 5) is 29.6. The van der Waals surface area contributed by atoms with E-state index in [-0.39, 0.29) is 24.4 Å². The van der Waals surface area contributed by atoms with Crippen molar-refractivity contribution in [3.63, 3.8) is 0 Å². The van der Waals surface area contributed by atoms with Gasteiger partial charge in [0.05, 0.1) is 22.8 Å². The van der Waals surface area contributed by atoms with Gasteiger partial charge in [-0.2, -0.15) is 5.10 Å². The van der Waals surface area contributed by atoms with Gasteiger partial charge in [-0.15, -0.1) is 11.3 Å². The maximum atomic E-state index is 13.5. The van der Waals surface area contributed by atoms with Crippen LogP contribution in [-0.4, -0.2) is 40.3 Å². The van der Waals surface area contributed by atoms with Gasteiger partial charge in [0.25, 0.3) is 11.8 Å². The fraction of sp³-hybridized carbons (Fsp3) is 0.409. The molecule has 2 amide bonds. The maximum Gasteiger partial charge on any atom is 0.268 e. The number of nitrogens with zero attached hydrogens (tertiary/aromatic N) is 3. The van der Waals surface area contributed by atoms with Crippen molar-refractivity contribution in [2.45, 2.75) is 45.8 Å². The van der Waals surface area contributed by atoms with Crippen molar-refractivity contribution in [1.82, 2.24) is 15.1 Å². The third kappa shape index (κ3) is 3.56. The molecule has 0 spiro atoms. The zero-order valence-corrected chi connectivity index (χ0v) is 18.5. The second-order valence-corrected chi connectivity index (χ2v) is 8.58. The number of fused-ring (bicyclic) bond motifs is 2. The lowest BCUT2D eigenvalue weighted by molar-refractivity contribution is -0.128. The number of thiophene rings is 1. The molecule has 0 bridgehead atoms. The molecule has 1 unspecified atom stereocenters. The van der Waals surface area contributed by atoms with Crippen LogP contribution in [0.15, 0.2) is 30.3 Å². The number of aromatic nitrogens is 2. The van der Waals surface area contributed by atoms with Crippen LogP contribution < -0.4 is 15.0 Å². The van der Waals surface area contributed by atoms with E-state index in [0.29, 0.717) is 16.3 Å². The standard InChI is InChI=1S/C22H26N4O3S/c1-5-14(6-2)23-20(27)18-12-26(16-9-7-8-10-17(16)29-18)21(28)19-11-15-13(3)24-25(4)22(15)30-19/h7-11,14,18H,5-6,12H2,1-4H3,(H,23,27). The number of aryl methyl sites for hydroxylation is 2. The Morgan fingerprint density at radius 1 is 1.30 bits per heavy atom. The summed E-state index contributed by atoms with van der Waals surface area (Å²) in [6.45, 7) is 6.19. The van der Waals surface area contributed by atoms with Crippen molar-refractivity contribution in [2.75, 3.05) is 11.4 Å². The SMILES string of the molecule is CCC(CC)NC(=O)C1CN(C(=O)c2cc3c(C)nn(C)c3s2)c2ccccc2O1. The summed E-state index contributed by atoms with van der Waals surface area (Å²) in [6.07, 6.45) is 0.953. The average Bonchev–Trinajstić information content (AvgIpc) is 3.31. The summed E-state index contributed by atoms with van der Waals surface area (Å²) >= 11 is 1.42. The van der Waals surface area contributed by atoms with Crippen LogP contribution in [0, 0.1) is 6.92 Å². The van der Waals surface area contributed by atoms with E-state index in [9.17, 15) is 9.59 Å². The molecule has 1 aromatic carbocycles. The molecule has 1 aliphatic rings. The Kier molecular flexibility index (Phi) is 5.51. The lowest BCUT2D eigenvalue weighted by Gasteiger charge is -2.34. The molecule has 0 saturated heterocycles. The molecule has 4 rings (SSSR count).